The Morgan fingerprint density at radius 3 is 2.23 bits per heavy atom. The van der Waals surface area contributed by atoms with Crippen molar-refractivity contribution in [3.63, 3.8) is 0 Å². The quantitative estimate of drug-likeness (QED) is 0.679. The number of hydrogen-bond donors (Lipinski definition) is 1. The van der Waals surface area contributed by atoms with Gasteiger partial charge < -0.3 is 10.2 Å². The highest BCUT2D eigenvalue weighted by atomic mass is 32.2. The summed E-state index contributed by atoms with van der Waals surface area (Å²) in [4.78, 5) is 26.5. The lowest BCUT2D eigenvalue weighted by molar-refractivity contribution is -0.119. The lowest BCUT2D eigenvalue weighted by Gasteiger charge is -2.26. The highest BCUT2D eigenvalue weighted by molar-refractivity contribution is 7.89. The van der Waals surface area contributed by atoms with E-state index in [9.17, 15) is 18.0 Å². The summed E-state index contributed by atoms with van der Waals surface area (Å²) in [5, 5.41) is 2.85. The molecule has 0 radical (unpaired) electrons. The van der Waals surface area contributed by atoms with Crippen molar-refractivity contribution >= 4 is 27.5 Å². The van der Waals surface area contributed by atoms with E-state index >= 15 is 0 Å². The zero-order chi connectivity index (χ0) is 22.4. The highest BCUT2D eigenvalue weighted by Crippen LogP contribution is 2.21. The number of sulfonamides is 1. The number of nitrogens with zero attached hydrogens (tertiary/aromatic N) is 2. The molecule has 1 aliphatic heterocycles. The molecule has 0 atom stereocenters. The van der Waals surface area contributed by atoms with E-state index in [4.69, 9.17) is 0 Å². The predicted octanol–water partition coefficient (Wildman–Crippen LogP) is 3.16. The van der Waals surface area contributed by atoms with Crippen LogP contribution in [0.2, 0.25) is 0 Å². The van der Waals surface area contributed by atoms with Gasteiger partial charge >= 0.3 is 0 Å². The third-order valence-corrected chi connectivity index (χ3v) is 7.55. The minimum Gasteiger partial charge on any atom is -0.348 e. The van der Waals surface area contributed by atoms with Gasteiger partial charge in [-0.3, -0.25) is 9.59 Å². The molecule has 31 heavy (non-hydrogen) atoms. The molecule has 3 rings (SSSR count). The second-order valence-corrected chi connectivity index (χ2v) is 9.40. The van der Waals surface area contributed by atoms with Crippen LogP contribution >= 0.6 is 0 Å². The molecule has 7 nitrogen and oxygen atoms in total. The van der Waals surface area contributed by atoms with E-state index in [0.717, 1.165) is 24.1 Å². The maximum atomic E-state index is 12.6. The molecule has 1 fully saturated rings. The predicted molar refractivity (Wildman–Crippen MR) is 120 cm³/mol. The summed E-state index contributed by atoms with van der Waals surface area (Å²) in [6, 6.07) is 13.6. The number of carbonyl (C=O) groups is 2. The maximum absolute atomic E-state index is 12.6. The van der Waals surface area contributed by atoms with Crippen LogP contribution in [0.15, 0.2) is 53.4 Å². The number of nitrogens with one attached hydrogen (secondary N) is 1. The van der Waals surface area contributed by atoms with Crippen molar-refractivity contribution in [3.8, 4) is 0 Å². The molecule has 0 bridgehead atoms. The van der Waals surface area contributed by atoms with Gasteiger partial charge in [0.05, 0.1) is 4.90 Å². The average molecular weight is 444 g/mol. The van der Waals surface area contributed by atoms with Crippen molar-refractivity contribution in [1.82, 2.24) is 9.62 Å². The van der Waals surface area contributed by atoms with Crippen LogP contribution in [-0.4, -0.2) is 44.2 Å². The summed E-state index contributed by atoms with van der Waals surface area (Å²) in [5.41, 5.74) is 2.13. The van der Waals surface area contributed by atoms with Gasteiger partial charge in [-0.05, 0) is 54.8 Å². The third kappa shape index (κ3) is 5.32. The van der Waals surface area contributed by atoms with E-state index in [1.54, 1.807) is 53.4 Å². The molecule has 0 spiro atoms. The average Bonchev–Trinajstić information content (AvgIpc) is 2.79. The van der Waals surface area contributed by atoms with Gasteiger partial charge in [0.15, 0.2) is 0 Å². The molecule has 0 aliphatic carbocycles. The van der Waals surface area contributed by atoms with Gasteiger partial charge in [0.25, 0.3) is 5.91 Å². The number of amides is 2. The van der Waals surface area contributed by atoms with E-state index in [2.05, 4.69) is 5.32 Å². The van der Waals surface area contributed by atoms with Crippen molar-refractivity contribution in [2.45, 2.75) is 44.6 Å². The SMILES string of the molecule is CCN(CC)S(=O)(=O)c1ccc(CNC(=O)c2ccc(N3CCCCC3=O)cc2)cc1. The Kier molecular flexibility index (Phi) is 7.46. The fourth-order valence-corrected chi connectivity index (χ4v) is 5.11. The highest BCUT2D eigenvalue weighted by Gasteiger charge is 2.21. The first-order valence-electron chi connectivity index (χ1n) is 10.6. The summed E-state index contributed by atoms with van der Waals surface area (Å²) < 4.78 is 26.5. The fourth-order valence-electron chi connectivity index (χ4n) is 3.65. The number of anilines is 1. The molecule has 1 saturated heterocycles. The number of benzene rings is 2. The monoisotopic (exact) mass is 443 g/mol. The molecule has 1 heterocycles. The first-order chi connectivity index (χ1) is 14.9. The van der Waals surface area contributed by atoms with Gasteiger partial charge in [0.1, 0.15) is 0 Å². The van der Waals surface area contributed by atoms with Crippen molar-refractivity contribution in [1.29, 1.82) is 0 Å². The standard InChI is InChI=1S/C23H29N3O4S/c1-3-25(4-2)31(29,30)21-14-8-18(9-15-21)17-24-23(28)19-10-12-20(13-11-19)26-16-6-5-7-22(26)27/h8-15H,3-7,16-17H2,1-2H3,(H,24,28). The molecular weight excluding hydrogens is 414 g/mol. The molecule has 2 amide bonds. The fraction of sp³-hybridized carbons (Fsp3) is 0.391. The molecule has 0 saturated carbocycles. The second-order valence-electron chi connectivity index (χ2n) is 7.47. The van der Waals surface area contributed by atoms with E-state index in [1.807, 2.05) is 13.8 Å². The van der Waals surface area contributed by atoms with Gasteiger partial charge in [0.2, 0.25) is 15.9 Å². The molecule has 0 unspecified atom stereocenters. The van der Waals surface area contributed by atoms with Gasteiger partial charge in [-0.2, -0.15) is 4.31 Å². The largest absolute Gasteiger partial charge is 0.348 e. The topological polar surface area (TPSA) is 86.8 Å². The number of piperidine rings is 1. The summed E-state index contributed by atoms with van der Waals surface area (Å²) in [6.45, 7) is 5.45. The van der Waals surface area contributed by atoms with E-state index in [0.29, 0.717) is 31.6 Å². The Morgan fingerprint density at radius 1 is 1.00 bits per heavy atom. The zero-order valence-corrected chi connectivity index (χ0v) is 18.8. The molecular formula is C23H29N3O4S. The number of hydrogen-bond acceptors (Lipinski definition) is 4. The van der Waals surface area contributed by atoms with Crippen LogP contribution in [0.4, 0.5) is 5.69 Å². The van der Waals surface area contributed by atoms with Gasteiger partial charge in [-0.15, -0.1) is 0 Å². The molecule has 1 N–H and O–H groups in total. The van der Waals surface area contributed by atoms with Crippen LogP contribution in [-0.2, 0) is 21.4 Å². The normalized spacial score (nSPS) is 14.7. The Morgan fingerprint density at radius 2 is 1.65 bits per heavy atom. The van der Waals surface area contributed by atoms with Gasteiger partial charge in [0, 0.05) is 43.9 Å². The summed E-state index contributed by atoms with van der Waals surface area (Å²) >= 11 is 0. The Labute approximate surface area is 184 Å². The Bertz CT molecular complexity index is 1010. The van der Waals surface area contributed by atoms with E-state index < -0.39 is 10.0 Å². The third-order valence-electron chi connectivity index (χ3n) is 5.48. The van der Waals surface area contributed by atoms with E-state index in [1.165, 1.54) is 4.31 Å². The van der Waals surface area contributed by atoms with Crippen molar-refractivity contribution in [3.05, 3.63) is 59.7 Å². The second kappa shape index (κ2) is 10.1. The Balaban J connectivity index is 1.60. The van der Waals surface area contributed by atoms with E-state index in [-0.39, 0.29) is 23.3 Å². The summed E-state index contributed by atoms with van der Waals surface area (Å²) in [6.07, 6.45) is 2.48. The summed E-state index contributed by atoms with van der Waals surface area (Å²) in [7, 11) is -3.49. The van der Waals surface area contributed by atoms with Gasteiger partial charge in [-0.1, -0.05) is 26.0 Å². The molecule has 1 aliphatic rings. The van der Waals surface area contributed by atoms with Crippen molar-refractivity contribution in [2.75, 3.05) is 24.5 Å². The van der Waals surface area contributed by atoms with Crippen LogP contribution in [0.5, 0.6) is 0 Å². The minimum absolute atomic E-state index is 0.120. The van der Waals surface area contributed by atoms with Crippen LogP contribution in [0.25, 0.3) is 0 Å². The minimum atomic E-state index is -3.49. The molecule has 8 heteroatoms. The van der Waals surface area contributed by atoms with Crippen LogP contribution < -0.4 is 10.2 Å². The number of rotatable bonds is 8. The van der Waals surface area contributed by atoms with Crippen LogP contribution in [0, 0.1) is 0 Å². The molecule has 2 aromatic carbocycles. The molecule has 0 aromatic heterocycles. The number of carbonyl (C=O) groups excluding carboxylic acids is 2. The maximum Gasteiger partial charge on any atom is 0.251 e. The Hall–Kier alpha value is -2.71. The lowest BCUT2D eigenvalue weighted by Crippen LogP contribution is -2.35. The van der Waals surface area contributed by atoms with Crippen LogP contribution in [0.3, 0.4) is 0 Å². The first-order valence-corrected chi connectivity index (χ1v) is 12.1. The summed E-state index contributed by atoms with van der Waals surface area (Å²) in [5.74, 6) is -0.105. The van der Waals surface area contributed by atoms with Gasteiger partial charge in [-0.25, -0.2) is 8.42 Å². The van der Waals surface area contributed by atoms with Crippen molar-refractivity contribution in [2.24, 2.45) is 0 Å². The zero-order valence-electron chi connectivity index (χ0n) is 18.0. The van der Waals surface area contributed by atoms with Crippen LogP contribution in [0.1, 0.15) is 49.0 Å². The molecule has 166 valence electrons. The smallest absolute Gasteiger partial charge is 0.251 e. The first kappa shape index (κ1) is 23.0. The lowest BCUT2D eigenvalue weighted by atomic mass is 10.1. The molecule has 2 aromatic rings. The van der Waals surface area contributed by atoms with Crippen molar-refractivity contribution < 1.29 is 18.0 Å².